The molecule has 4 aliphatic rings. The maximum atomic E-state index is 11.7. The number of aliphatic carboxylic acids is 1. The summed E-state index contributed by atoms with van der Waals surface area (Å²) in [4.78, 5) is 13.9. The van der Waals surface area contributed by atoms with E-state index >= 15 is 0 Å². The van der Waals surface area contributed by atoms with Gasteiger partial charge in [-0.05, 0) is 50.4 Å². The van der Waals surface area contributed by atoms with Crippen LogP contribution in [0, 0.1) is 17.8 Å². The highest BCUT2D eigenvalue weighted by atomic mass is 16.4. The Balaban J connectivity index is 1.32. The number of nitrogens with zero attached hydrogens (tertiary/aromatic N) is 1. The van der Waals surface area contributed by atoms with Gasteiger partial charge in [-0.3, -0.25) is 9.69 Å². The van der Waals surface area contributed by atoms with Gasteiger partial charge in [-0.2, -0.15) is 0 Å². The Morgan fingerprint density at radius 2 is 1.89 bits per heavy atom. The van der Waals surface area contributed by atoms with Crippen LogP contribution in [0.3, 0.4) is 0 Å². The molecule has 5 heteroatoms. The van der Waals surface area contributed by atoms with Gasteiger partial charge in [0.05, 0.1) is 12.2 Å². The van der Waals surface area contributed by atoms with E-state index in [0.29, 0.717) is 18.4 Å². The fourth-order valence-electron chi connectivity index (χ4n) is 6.72. The molecule has 7 atom stereocenters. The fraction of sp³-hybridized carbons (Fsp3) is 0.870. The van der Waals surface area contributed by atoms with Gasteiger partial charge in [-0.1, -0.05) is 50.7 Å². The van der Waals surface area contributed by atoms with Gasteiger partial charge in [-0.25, -0.2) is 0 Å². The second-order valence-corrected chi connectivity index (χ2v) is 9.77. The minimum absolute atomic E-state index is 0.0505. The lowest BCUT2D eigenvalue weighted by Gasteiger charge is -2.38. The monoisotopic (exact) mass is 391 g/mol. The van der Waals surface area contributed by atoms with Crippen molar-refractivity contribution in [3.05, 3.63) is 12.2 Å². The van der Waals surface area contributed by atoms with Gasteiger partial charge in [0.2, 0.25) is 0 Å². The number of aliphatic hydroxyl groups excluding tert-OH is 2. The zero-order valence-electron chi connectivity index (χ0n) is 17.0. The Morgan fingerprint density at radius 1 is 1.11 bits per heavy atom. The van der Waals surface area contributed by atoms with Crippen molar-refractivity contribution in [1.29, 1.82) is 0 Å². The normalized spacial score (nSPS) is 40.1. The highest BCUT2D eigenvalue weighted by molar-refractivity contribution is 5.73. The average Bonchev–Trinajstić information content (AvgIpc) is 3.36. The Labute approximate surface area is 168 Å². The highest BCUT2D eigenvalue weighted by Gasteiger charge is 2.54. The third-order valence-corrected chi connectivity index (χ3v) is 8.07. The number of aliphatic hydroxyl groups is 2. The van der Waals surface area contributed by atoms with Gasteiger partial charge in [0.25, 0.3) is 0 Å². The maximum absolute atomic E-state index is 11.7. The van der Waals surface area contributed by atoms with Crippen molar-refractivity contribution in [2.24, 2.45) is 17.8 Å². The summed E-state index contributed by atoms with van der Waals surface area (Å²) in [7, 11) is 0. The third-order valence-electron chi connectivity index (χ3n) is 8.07. The molecule has 4 rings (SSSR count). The second-order valence-electron chi connectivity index (χ2n) is 9.77. The lowest BCUT2D eigenvalue weighted by Crippen LogP contribution is -2.51. The predicted molar refractivity (Wildman–Crippen MR) is 108 cm³/mol. The molecule has 0 radical (unpaired) electrons. The summed E-state index contributed by atoms with van der Waals surface area (Å²) in [6, 6.07) is 0.144. The minimum atomic E-state index is -0.712. The number of hydrogen-bond acceptors (Lipinski definition) is 4. The molecule has 2 aliphatic heterocycles. The van der Waals surface area contributed by atoms with Gasteiger partial charge in [0, 0.05) is 18.0 Å². The molecule has 0 aromatic heterocycles. The molecule has 2 saturated carbocycles. The maximum Gasteiger partial charge on any atom is 0.320 e. The summed E-state index contributed by atoms with van der Waals surface area (Å²) in [6.07, 6.45) is 16.1. The molecule has 0 spiro atoms. The van der Waals surface area contributed by atoms with E-state index in [1.54, 1.807) is 0 Å². The minimum Gasteiger partial charge on any atom is -0.480 e. The van der Waals surface area contributed by atoms with E-state index in [1.165, 1.54) is 32.1 Å². The van der Waals surface area contributed by atoms with Crippen LogP contribution < -0.4 is 0 Å². The van der Waals surface area contributed by atoms with Crippen molar-refractivity contribution in [2.45, 2.75) is 107 Å². The van der Waals surface area contributed by atoms with Crippen LogP contribution in [0.4, 0.5) is 0 Å². The average molecular weight is 392 g/mol. The molecule has 5 nitrogen and oxygen atoms in total. The first-order valence-electron chi connectivity index (χ1n) is 11.6. The standard InChI is InChI=1S/C23H37NO4/c25-17(9-3-7-15-5-1-2-6-15)11-12-18-19-13-16-8-4-10-20(23(27)28)24(16)21(19)14-22(18)26/h11-12,15-22,25-26H,1-10,13-14H2,(H,27,28)/b12-11+/t16?,17-,18-,19-,20?,21-,22-/m1/s1. The van der Waals surface area contributed by atoms with Gasteiger partial charge < -0.3 is 15.3 Å². The van der Waals surface area contributed by atoms with E-state index in [4.69, 9.17) is 0 Å². The molecule has 0 aromatic carbocycles. The van der Waals surface area contributed by atoms with Crippen molar-refractivity contribution in [1.82, 2.24) is 4.90 Å². The molecule has 3 N–H and O–H groups in total. The Bertz CT molecular complexity index is 573. The number of carbonyl (C=O) groups is 1. The predicted octanol–water partition coefficient (Wildman–Crippen LogP) is 3.34. The van der Waals surface area contributed by atoms with E-state index in [-0.39, 0.29) is 18.0 Å². The molecule has 4 fully saturated rings. The molecular weight excluding hydrogens is 354 g/mol. The lowest BCUT2D eigenvalue weighted by atomic mass is 9.88. The summed E-state index contributed by atoms with van der Waals surface area (Å²) in [6.45, 7) is 0. The van der Waals surface area contributed by atoms with Gasteiger partial charge in [-0.15, -0.1) is 0 Å². The molecule has 0 bridgehead atoms. The van der Waals surface area contributed by atoms with Crippen LogP contribution in [0.5, 0.6) is 0 Å². The Kier molecular flexibility index (Phi) is 6.43. The summed E-state index contributed by atoms with van der Waals surface area (Å²) < 4.78 is 0. The first-order valence-corrected chi connectivity index (χ1v) is 11.6. The van der Waals surface area contributed by atoms with Crippen LogP contribution in [0.15, 0.2) is 12.2 Å². The first kappa shape index (κ1) is 20.4. The fourth-order valence-corrected chi connectivity index (χ4v) is 6.72. The zero-order chi connectivity index (χ0) is 19.7. The first-order chi connectivity index (χ1) is 13.5. The SMILES string of the molecule is O=C(O)C1CCCC2C[C@@H]3[C@@H](/C=C/[C@H](O)CCCC4CCCC4)[C@H](O)C[C@H]3N21. The van der Waals surface area contributed by atoms with Crippen LogP contribution in [-0.4, -0.2) is 56.5 Å². The Hall–Kier alpha value is -0.910. The Morgan fingerprint density at radius 3 is 2.64 bits per heavy atom. The quantitative estimate of drug-likeness (QED) is 0.580. The highest BCUT2D eigenvalue weighted by Crippen LogP contribution is 2.49. The largest absolute Gasteiger partial charge is 0.480 e. The molecule has 2 aliphatic carbocycles. The number of carboxylic acids is 1. The second kappa shape index (κ2) is 8.85. The lowest BCUT2D eigenvalue weighted by molar-refractivity contribution is -0.146. The third kappa shape index (κ3) is 4.17. The number of carboxylic acid groups (broad SMARTS) is 1. The van der Waals surface area contributed by atoms with Crippen molar-refractivity contribution in [2.75, 3.05) is 0 Å². The molecule has 0 amide bonds. The number of rotatable bonds is 7. The van der Waals surface area contributed by atoms with Crippen molar-refractivity contribution < 1.29 is 20.1 Å². The van der Waals surface area contributed by atoms with Crippen LogP contribution in [0.1, 0.15) is 77.0 Å². The van der Waals surface area contributed by atoms with E-state index in [9.17, 15) is 20.1 Å². The summed E-state index contributed by atoms with van der Waals surface area (Å²) >= 11 is 0. The van der Waals surface area contributed by atoms with Crippen LogP contribution in [0.2, 0.25) is 0 Å². The summed E-state index contributed by atoms with van der Waals surface area (Å²) in [5.74, 6) is 0.527. The van der Waals surface area contributed by atoms with E-state index < -0.39 is 18.2 Å². The van der Waals surface area contributed by atoms with Gasteiger partial charge in [0.15, 0.2) is 0 Å². The molecule has 0 aromatic rings. The van der Waals surface area contributed by atoms with E-state index in [0.717, 1.165) is 44.4 Å². The molecule has 28 heavy (non-hydrogen) atoms. The van der Waals surface area contributed by atoms with Gasteiger partial charge >= 0.3 is 5.97 Å². The van der Waals surface area contributed by atoms with Crippen molar-refractivity contribution in [3.8, 4) is 0 Å². The zero-order valence-corrected chi connectivity index (χ0v) is 17.0. The molecule has 2 saturated heterocycles. The van der Waals surface area contributed by atoms with Crippen LogP contribution in [-0.2, 0) is 4.79 Å². The van der Waals surface area contributed by atoms with Crippen LogP contribution in [0.25, 0.3) is 0 Å². The molecular formula is C23H37NO4. The van der Waals surface area contributed by atoms with Gasteiger partial charge in [0.1, 0.15) is 6.04 Å². The smallest absolute Gasteiger partial charge is 0.320 e. The van der Waals surface area contributed by atoms with Crippen LogP contribution >= 0.6 is 0 Å². The van der Waals surface area contributed by atoms with E-state index in [2.05, 4.69) is 4.90 Å². The molecule has 2 unspecified atom stereocenters. The summed E-state index contributed by atoms with van der Waals surface area (Å²) in [5, 5.41) is 30.6. The summed E-state index contributed by atoms with van der Waals surface area (Å²) in [5.41, 5.74) is 0. The van der Waals surface area contributed by atoms with E-state index in [1.807, 2.05) is 12.2 Å². The number of piperidine rings is 1. The molecule has 158 valence electrons. The van der Waals surface area contributed by atoms with Crippen molar-refractivity contribution in [3.63, 3.8) is 0 Å². The van der Waals surface area contributed by atoms with Crippen molar-refractivity contribution >= 4 is 5.97 Å². The topological polar surface area (TPSA) is 81.0 Å². The number of fused-ring (bicyclic) bond motifs is 3. The number of hydrogen-bond donors (Lipinski definition) is 3. The molecule has 2 heterocycles.